The maximum Gasteiger partial charge on any atom is 0.0701 e. The second-order valence-corrected chi connectivity index (χ2v) is 10.3. The third kappa shape index (κ3) is 41.9. The van der Waals surface area contributed by atoms with Crippen molar-refractivity contribution in [3.8, 4) is 0 Å². The zero-order valence-corrected chi connectivity index (χ0v) is 28.5. The molecule has 0 aromatic carbocycles. The summed E-state index contributed by atoms with van der Waals surface area (Å²) in [5.41, 5.74) is 0. The number of halogens is 1. The van der Waals surface area contributed by atoms with Gasteiger partial charge in [-0.2, -0.15) is 0 Å². The third-order valence-corrected chi connectivity index (χ3v) is 6.30. The summed E-state index contributed by atoms with van der Waals surface area (Å²) in [5.74, 6) is 0.746. The zero-order valence-electron chi connectivity index (χ0n) is 27.8. The van der Waals surface area contributed by atoms with Gasteiger partial charge in [-0.05, 0) is 19.3 Å². The number of rotatable bonds is 41. The molecule has 0 aliphatic heterocycles. The molecule has 0 fully saturated rings. The van der Waals surface area contributed by atoms with Crippen LogP contribution in [0.3, 0.4) is 0 Å². The summed E-state index contributed by atoms with van der Waals surface area (Å²) in [7, 11) is 0. The first-order valence-electron chi connectivity index (χ1n) is 16.8. The van der Waals surface area contributed by atoms with Crippen LogP contribution in [0.5, 0.6) is 0 Å². The largest absolute Gasteiger partial charge is 0.379 e. The van der Waals surface area contributed by atoms with Crippen molar-refractivity contribution in [3.05, 3.63) is 0 Å². The minimum absolute atomic E-state index is 0.524. The summed E-state index contributed by atoms with van der Waals surface area (Å²) >= 11 is 5.65. The molecule has 0 atom stereocenters. The van der Waals surface area contributed by atoms with E-state index in [1.807, 2.05) is 0 Å². The molecule has 0 aromatic rings. The van der Waals surface area contributed by atoms with E-state index in [4.69, 9.17) is 63.7 Å². The molecule has 0 heterocycles. The topological polar surface area (TPSA) is 102 Å². The fraction of sp³-hybridized carbons (Fsp3) is 1.00. The Labute approximate surface area is 273 Å². The molecule has 44 heavy (non-hydrogen) atoms. The lowest BCUT2D eigenvalue weighted by Crippen LogP contribution is -2.15. The normalized spacial score (nSPS) is 11.6. The molecule has 0 rings (SSSR count). The highest BCUT2D eigenvalue weighted by Gasteiger charge is 1.97. The lowest BCUT2D eigenvalue weighted by molar-refractivity contribution is -0.0275. The van der Waals surface area contributed by atoms with Crippen LogP contribution in [0.1, 0.15) is 58.3 Å². The van der Waals surface area contributed by atoms with E-state index in [1.165, 1.54) is 32.1 Å². The summed E-state index contributed by atoms with van der Waals surface area (Å²) in [5, 5.41) is 0. The highest BCUT2D eigenvalue weighted by atomic mass is 35.5. The van der Waals surface area contributed by atoms with Crippen LogP contribution in [0.2, 0.25) is 0 Å². The van der Waals surface area contributed by atoms with Gasteiger partial charge in [0, 0.05) is 19.1 Å². The molecule has 0 N–H and O–H groups in total. The molecule has 266 valence electrons. The van der Waals surface area contributed by atoms with E-state index in [1.54, 1.807) is 0 Å². The molecule has 0 saturated heterocycles. The van der Waals surface area contributed by atoms with Crippen LogP contribution in [-0.2, 0) is 52.1 Å². The van der Waals surface area contributed by atoms with Crippen LogP contribution in [0.25, 0.3) is 0 Å². The van der Waals surface area contributed by atoms with Crippen LogP contribution in [0, 0.1) is 0 Å². The fourth-order valence-electron chi connectivity index (χ4n) is 3.58. The lowest BCUT2D eigenvalue weighted by atomic mass is 10.2. The van der Waals surface area contributed by atoms with Crippen molar-refractivity contribution in [1.29, 1.82) is 0 Å². The Bertz CT molecular complexity index is 453. The molecule has 0 unspecified atom stereocenters. The molecular formula is C32H65ClO11. The van der Waals surface area contributed by atoms with E-state index in [9.17, 15) is 0 Å². The van der Waals surface area contributed by atoms with Gasteiger partial charge in [0.1, 0.15) is 0 Å². The van der Waals surface area contributed by atoms with E-state index in [2.05, 4.69) is 6.92 Å². The van der Waals surface area contributed by atoms with Gasteiger partial charge in [0.25, 0.3) is 0 Å². The van der Waals surface area contributed by atoms with Gasteiger partial charge in [-0.15, -0.1) is 11.6 Å². The molecule has 0 aromatic heterocycles. The molecule has 0 aliphatic carbocycles. The van der Waals surface area contributed by atoms with E-state index < -0.39 is 0 Å². The van der Waals surface area contributed by atoms with Crippen molar-refractivity contribution in [1.82, 2.24) is 0 Å². The number of unbranched alkanes of at least 4 members (excludes halogenated alkanes) is 6. The fourth-order valence-corrected chi connectivity index (χ4v) is 3.77. The van der Waals surface area contributed by atoms with Gasteiger partial charge < -0.3 is 52.1 Å². The minimum Gasteiger partial charge on any atom is -0.379 e. The molecule has 0 bridgehead atoms. The molecule has 0 spiro atoms. The second kappa shape index (κ2) is 42.9. The number of alkyl halides is 1. The lowest BCUT2D eigenvalue weighted by Gasteiger charge is -2.09. The number of hydrogen-bond donors (Lipinski definition) is 0. The highest BCUT2D eigenvalue weighted by molar-refractivity contribution is 6.17. The Morgan fingerprint density at radius 2 is 0.455 bits per heavy atom. The molecular weight excluding hydrogens is 596 g/mol. The summed E-state index contributed by atoms with van der Waals surface area (Å²) in [4.78, 5) is 0. The van der Waals surface area contributed by atoms with Crippen LogP contribution in [0.15, 0.2) is 0 Å². The van der Waals surface area contributed by atoms with Crippen LogP contribution >= 0.6 is 11.6 Å². The van der Waals surface area contributed by atoms with Gasteiger partial charge in [-0.25, -0.2) is 0 Å². The number of ether oxygens (including phenoxy) is 11. The molecule has 0 radical (unpaired) electrons. The predicted octanol–water partition coefficient (Wildman–Crippen LogP) is 4.55. The van der Waals surface area contributed by atoms with Gasteiger partial charge in [-0.3, -0.25) is 0 Å². The first-order valence-corrected chi connectivity index (χ1v) is 17.4. The van der Waals surface area contributed by atoms with Gasteiger partial charge in [-0.1, -0.05) is 39.0 Å². The van der Waals surface area contributed by atoms with Crippen molar-refractivity contribution >= 4 is 11.6 Å². The first-order chi connectivity index (χ1) is 21.9. The highest BCUT2D eigenvalue weighted by Crippen LogP contribution is 2.01. The Kier molecular flexibility index (Phi) is 42.7. The molecule has 0 saturated carbocycles. The Morgan fingerprint density at radius 3 is 0.682 bits per heavy atom. The van der Waals surface area contributed by atoms with E-state index in [0.717, 1.165) is 38.4 Å². The van der Waals surface area contributed by atoms with Crippen LogP contribution in [0.4, 0.5) is 0 Å². The van der Waals surface area contributed by atoms with E-state index >= 15 is 0 Å². The predicted molar refractivity (Wildman–Crippen MR) is 172 cm³/mol. The average molecular weight is 661 g/mol. The Hall–Kier alpha value is -0.150. The van der Waals surface area contributed by atoms with Crippen molar-refractivity contribution in [3.63, 3.8) is 0 Å². The average Bonchev–Trinajstić information content (AvgIpc) is 3.04. The smallest absolute Gasteiger partial charge is 0.0701 e. The van der Waals surface area contributed by atoms with Crippen molar-refractivity contribution < 1.29 is 52.1 Å². The quantitative estimate of drug-likeness (QED) is 0.0682. The van der Waals surface area contributed by atoms with Crippen LogP contribution in [-0.4, -0.2) is 151 Å². The standard InChI is InChI=1S/C32H65ClO11/c1-2-3-4-8-11-34-13-15-36-17-19-38-21-23-40-25-27-42-29-31-44-32-30-43-28-26-41-24-22-39-20-18-37-16-14-35-12-9-6-5-7-10-33/h2-32H2,1H3. The second-order valence-electron chi connectivity index (χ2n) is 9.90. The van der Waals surface area contributed by atoms with Crippen molar-refractivity contribution in [2.45, 2.75) is 58.3 Å². The molecule has 12 heteroatoms. The summed E-state index contributed by atoms with van der Waals surface area (Å²) in [6.07, 6.45) is 9.41. The third-order valence-electron chi connectivity index (χ3n) is 6.03. The maximum atomic E-state index is 5.65. The van der Waals surface area contributed by atoms with Crippen molar-refractivity contribution in [2.24, 2.45) is 0 Å². The van der Waals surface area contributed by atoms with Gasteiger partial charge in [0.05, 0.1) is 132 Å². The SMILES string of the molecule is CCCCCCOCCOCCOCCOCCOCCOCCOCCOCCOCCOCCOCCCCCCCl. The number of hydrogen-bond acceptors (Lipinski definition) is 11. The van der Waals surface area contributed by atoms with Crippen molar-refractivity contribution in [2.75, 3.05) is 151 Å². The maximum absolute atomic E-state index is 5.65. The first kappa shape index (κ1) is 43.9. The van der Waals surface area contributed by atoms with Crippen LogP contribution < -0.4 is 0 Å². The van der Waals surface area contributed by atoms with Gasteiger partial charge in [0.2, 0.25) is 0 Å². The Balaban J connectivity index is 3.03. The zero-order chi connectivity index (χ0) is 31.7. The molecule has 11 nitrogen and oxygen atoms in total. The summed E-state index contributed by atoms with van der Waals surface area (Å²) in [6, 6.07) is 0. The molecule has 0 amide bonds. The van der Waals surface area contributed by atoms with E-state index in [-0.39, 0.29) is 0 Å². The van der Waals surface area contributed by atoms with Gasteiger partial charge in [0.15, 0.2) is 0 Å². The summed E-state index contributed by atoms with van der Waals surface area (Å²) in [6.45, 7) is 14.9. The molecule has 0 aliphatic rings. The minimum atomic E-state index is 0.524. The Morgan fingerprint density at radius 1 is 0.250 bits per heavy atom. The van der Waals surface area contributed by atoms with E-state index in [0.29, 0.717) is 132 Å². The monoisotopic (exact) mass is 660 g/mol. The summed E-state index contributed by atoms with van der Waals surface area (Å²) < 4.78 is 60.4. The van der Waals surface area contributed by atoms with Gasteiger partial charge >= 0.3 is 0 Å².